The minimum Gasteiger partial charge on any atom is -0.490 e. The molecule has 5 rings (SSSR count). The van der Waals surface area contributed by atoms with Crippen LogP contribution in [0, 0.1) is 0 Å². The third kappa shape index (κ3) is 5.12. The average molecular weight is 443 g/mol. The van der Waals surface area contributed by atoms with Crippen molar-refractivity contribution in [1.82, 2.24) is 14.5 Å². The van der Waals surface area contributed by atoms with Crippen molar-refractivity contribution >= 4 is 34.5 Å². The number of rotatable bonds is 8. The molecule has 3 aromatic heterocycles. The predicted octanol–water partition coefficient (Wildman–Crippen LogP) is 5.35. The van der Waals surface area contributed by atoms with Crippen molar-refractivity contribution in [2.75, 3.05) is 5.32 Å². The molecule has 32 heavy (non-hydrogen) atoms. The van der Waals surface area contributed by atoms with Crippen molar-refractivity contribution in [2.45, 2.75) is 25.5 Å². The number of ether oxygens (including phenoxy) is 1. The topological polar surface area (TPSA) is 69.0 Å². The van der Waals surface area contributed by atoms with Crippen molar-refractivity contribution < 1.29 is 9.53 Å². The van der Waals surface area contributed by atoms with Crippen molar-refractivity contribution in [3.63, 3.8) is 0 Å². The van der Waals surface area contributed by atoms with E-state index >= 15 is 0 Å². The molecule has 0 aliphatic heterocycles. The first kappa shape index (κ1) is 20.2. The lowest BCUT2D eigenvalue weighted by Crippen LogP contribution is -2.17. The van der Waals surface area contributed by atoms with Gasteiger partial charge in [0, 0.05) is 30.5 Å². The van der Waals surface area contributed by atoms with Gasteiger partial charge in [0.15, 0.2) is 5.13 Å². The lowest BCUT2D eigenvalue weighted by Gasteiger charge is -2.08. The number of benzene rings is 1. The van der Waals surface area contributed by atoms with Crippen LogP contribution in [-0.4, -0.2) is 26.5 Å². The van der Waals surface area contributed by atoms with Gasteiger partial charge < -0.3 is 9.30 Å². The summed E-state index contributed by atoms with van der Waals surface area (Å²) in [6, 6.07) is 15.6. The summed E-state index contributed by atoms with van der Waals surface area (Å²) >= 11 is 1.40. The molecule has 0 unspecified atom stereocenters. The van der Waals surface area contributed by atoms with Crippen LogP contribution in [0.3, 0.4) is 0 Å². The summed E-state index contributed by atoms with van der Waals surface area (Å²) in [5.74, 6) is 0.733. The molecule has 7 heteroatoms. The normalized spacial score (nSPS) is 13.4. The zero-order valence-electron chi connectivity index (χ0n) is 17.3. The molecule has 1 aromatic carbocycles. The molecule has 1 saturated carbocycles. The lowest BCUT2D eigenvalue weighted by molar-refractivity contribution is 0.101. The summed E-state index contributed by atoms with van der Waals surface area (Å²) in [4.78, 5) is 21.3. The van der Waals surface area contributed by atoms with Crippen LogP contribution >= 0.6 is 11.3 Å². The highest BCUT2D eigenvalue weighted by molar-refractivity contribution is 7.14. The lowest BCUT2D eigenvalue weighted by atomic mass is 10.2. The van der Waals surface area contributed by atoms with E-state index in [9.17, 15) is 4.79 Å². The molecule has 0 radical (unpaired) electrons. The molecular weight excluding hydrogens is 420 g/mol. The number of anilines is 1. The van der Waals surface area contributed by atoms with Crippen LogP contribution in [-0.2, 0) is 6.54 Å². The molecule has 0 saturated heterocycles. The van der Waals surface area contributed by atoms with Crippen molar-refractivity contribution in [1.29, 1.82) is 0 Å². The van der Waals surface area contributed by atoms with Gasteiger partial charge in [-0.1, -0.05) is 18.2 Å². The smallest absolute Gasteiger partial charge is 0.274 e. The van der Waals surface area contributed by atoms with Gasteiger partial charge in [-0.2, -0.15) is 0 Å². The Labute approximate surface area is 190 Å². The Bertz CT molecular complexity index is 1220. The van der Waals surface area contributed by atoms with Gasteiger partial charge in [-0.15, -0.1) is 11.3 Å². The first-order valence-electron chi connectivity index (χ1n) is 10.5. The van der Waals surface area contributed by atoms with Gasteiger partial charge in [-0.25, -0.2) is 4.98 Å². The second kappa shape index (κ2) is 9.20. The second-order valence-electron chi connectivity index (χ2n) is 7.63. The van der Waals surface area contributed by atoms with Gasteiger partial charge in [0.05, 0.1) is 11.8 Å². The molecule has 0 spiro atoms. The Morgan fingerprint density at radius 3 is 2.72 bits per heavy atom. The largest absolute Gasteiger partial charge is 0.490 e. The van der Waals surface area contributed by atoms with Gasteiger partial charge in [0.25, 0.3) is 5.91 Å². The van der Waals surface area contributed by atoms with Crippen LogP contribution < -0.4 is 10.1 Å². The van der Waals surface area contributed by atoms with Gasteiger partial charge in [-0.3, -0.25) is 15.1 Å². The SMILES string of the molecule is O=C(Nc1nc(C=Cc2ccc(OC3CC3)cc2)cs1)c1cccn1Cc1ccncc1. The number of hydrogen-bond acceptors (Lipinski definition) is 5. The molecular formula is C25H22N4O2S. The Kier molecular flexibility index (Phi) is 5.81. The van der Waals surface area contributed by atoms with E-state index in [4.69, 9.17) is 4.74 Å². The van der Waals surface area contributed by atoms with Gasteiger partial charge >= 0.3 is 0 Å². The number of aromatic nitrogens is 3. The first-order valence-corrected chi connectivity index (χ1v) is 11.4. The Balaban J connectivity index is 1.20. The molecule has 1 fully saturated rings. The summed E-state index contributed by atoms with van der Waals surface area (Å²) in [7, 11) is 0. The van der Waals surface area contributed by atoms with E-state index in [1.165, 1.54) is 11.3 Å². The highest BCUT2D eigenvalue weighted by Gasteiger charge is 2.23. The van der Waals surface area contributed by atoms with Gasteiger partial charge in [0.1, 0.15) is 11.4 Å². The standard InChI is InChI=1S/C25H22N4O2S/c30-24(23-2-1-15-29(23)16-19-11-13-26-14-12-19)28-25-27-20(17-32-25)6-3-18-4-7-21(8-5-18)31-22-9-10-22/h1-8,11-15,17,22H,9-10,16H2,(H,27,28,30). The van der Waals surface area contributed by atoms with E-state index in [1.54, 1.807) is 12.4 Å². The summed E-state index contributed by atoms with van der Waals surface area (Å²) in [6.45, 7) is 0.606. The zero-order chi connectivity index (χ0) is 21.8. The van der Waals surface area contributed by atoms with E-state index < -0.39 is 0 Å². The summed E-state index contributed by atoms with van der Waals surface area (Å²) in [5.41, 5.74) is 3.54. The van der Waals surface area contributed by atoms with E-state index in [-0.39, 0.29) is 5.91 Å². The van der Waals surface area contributed by atoms with Crippen molar-refractivity contribution in [3.05, 3.63) is 95.0 Å². The summed E-state index contributed by atoms with van der Waals surface area (Å²) in [6.07, 6.45) is 12.0. The quantitative estimate of drug-likeness (QED) is 0.399. The molecule has 0 bridgehead atoms. The molecule has 1 amide bonds. The molecule has 1 aliphatic rings. The highest BCUT2D eigenvalue weighted by atomic mass is 32.1. The zero-order valence-corrected chi connectivity index (χ0v) is 18.2. The Morgan fingerprint density at radius 2 is 1.94 bits per heavy atom. The number of carbonyl (C=O) groups excluding carboxylic acids is 1. The number of hydrogen-bond donors (Lipinski definition) is 1. The summed E-state index contributed by atoms with van der Waals surface area (Å²) < 4.78 is 7.69. The van der Waals surface area contributed by atoms with Crippen LogP contribution in [0.15, 0.2) is 72.5 Å². The van der Waals surface area contributed by atoms with E-state index in [0.29, 0.717) is 23.5 Å². The van der Waals surface area contributed by atoms with Gasteiger partial charge in [-0.05, 0) is 66.4 Å². The first-order chi connectivity index (χ1) is 15.7. The van der Waals surface area contributed by atoms with Crippen molar-refractivity contribution in [3.8, 4) is 5.75 Å². The number of amides is 1. The number of nitrogens with one attached hydrogen (secondary N) is 1. The molecule has 160 valence electrons. The Hall–Kier alpha value is -3.71. The van der Waals surface area contributed by atoms with Crippen LogP contribution in [0.4, 0.5) is 5.13 Å². The van der Waals surface area contributed by atoms with Crippen LogP contribution in [0.2, 0.25) is 0 Å². The third-order valence-corrected chi connectivity index (χ3v) is 5.84. The third-order valence-electron chi connectivity index (χ3n) is 5.06. The Morgan fingerprint density at radius 1 is 1.12 bits per heavy atom. The fourth-order valence-corrected chi connectivity index (χ4v) is 3.92. The van der Waals surface area contributed by atoms with Crippen LogP contribution in [0.5, 0.6) is 5.75 Å². The van der Waals surface area contributed by atoms with Crippen LogP contribution in [0.25, 0.3) is 12.2 Å². The minimum atomic E-state index is -0.180. The number of carbonyl (C=O) groups is 1. The maximum absolute atomic E-state index is 12.8. The summed E-state index contributed by atoms with van der Waals surface area (Å²) in [5, 5.41) is 5.40. The molecule has 0 atom stereocenters. The van der Waals surface area contributed by atoms with Crippen LogP contribution in [0.1, 0.15) is 40.2 Å². The van der Waals surface area contributed by atoms with E-state index in [1.807, 2.05) is 76.8 Å². The molecule has 1 N–H and O–H groups in total. The number of thiazole rings is 1. The number of pyridine rings is 1. The molecule has 1 aliphatic carbocycles. The maximum atomic E-state index is 12.8. The second-order valence-corrected chi connectivity index (χ2v) is 8.49. The van der Waals surface area contributed by atoms with Crippen molar-refractivity contribution in [2.24, 2.45) is 0 Å². The van der Waals surface area contributed by atoms with E-state index in [2.05, 4.69) is 15.3 Å². The molecule has 6 nitrogen and oxygen atoms in total. The van der Waals surface area contributed by atoms with E-state index in [0.717, 1.165) is 35.4 Å². The predicted molar refractivity (Wildman–Crippen MR) is 127 cm³/mol. The van der Waals surface area contributed by atoms with Gasteiger partial charge in [0.2, 0.25) is 0 Å². The maximum Gasteiger partial charge on any atom is 0.274 e. The fourth-order valence-electron chi connectivity index (χ4n) is 3.24. The highest BCUT2D eigenvalue weighted by Crippen LogP contribution is 2.27. The fraction of sp³-hybridized carbons (Fsp3) is 0.160. The average Bonchev–Trinajstić information content (AvgIpc) is 3.31. The molecule has 3 heterocycles. The minimum absolute atomic E-state index is 0.180. The number of nitrogens with zero attached hydrogens (tertiary/aromatic N) is 3. The molecule has 4 aromatic rings. The monoisotopic (exact) mass is 442 g/mol.